The Morgan fingerprint density at radius 2 is 1.90 bits per heavy atom. The Morgan fingerprint density at radius 3 is 2.35 bits per heavy atom. The minimum absolute atomic E-state index is 0.0478. The molecule has 0 aliphatic rings. The van der Waals surface area contributed by atoms with Crippen LogP contribution in [0.15, 0.2) is 18.2 Å². The normalized spacial score (nSPS) is 12.4. The zero-order valence-corrected chi connectivity index (χ0v) is 13.0. The van der Waals surface area contributed by atoms with Crippen LogP contribution in [0.25, 0.3) is 0 Å². The molecule has 112 valence electrons. The van der Waals surface area contributed by atoms with Gasteiger partial charge in [0.15, 0.2) is 0 Å². The van der Waals surface area contributed by atoms with E-state index in [0.717, 1.165) is 5.56 Å². The monoisotopic (exact) mass is 299 g/mol. The molecule has 0 unspecified atom stereocenters. The lowest BCUT2D eigenvalue weighted by Crippen LogP contribution is -2.32. The van der Waals surface area contributed by atoms with Crippen LogP contribution in [0.1, 0.15) is 42.3 Å². The second kappa shape index (κ2) is 5.93. The van der Waals surface area contributed by atoms with Crippen LogP contribution in [0, 0.1) is 12.3 Å². The summed E-state index contributed by atoms with van der Waals surface area (Å²) in [7, 11) is -3.34. The van der Waals surface area contributed by atoms with Crippen molar-refractivity contribution in [2.45, 2.75) is 34.2 Å². The molecule has 1 aromatic carbocycles. The van der Waals surface area contributed by atoms with Crippen molar-refractivity contribution in [3.05, 3.63) is 34.9 Å². The van der Waals surface area contributed by atoms with Crippen LogP contribution in [-0.2, 0) is 16.6 Å². The molecule has 2 N–H and O–H groups in total. The third kappa shape index (κ3) is 5.30. The van der Waals surface area contributed by atoms with Crippen LogP contribution in [0.5, 0.6) is 0 Å². The number of aryl methyl sites for hydroxylation is 1. The predicted octanol–water partition coefficient (Wildman–Crippen LogP) is 2.16. The maximum Gasteiger partial charge on any atom is 0.335 e. The van der Waals surface area contributed by atoms with Gasteiger partial charge in [-0.3, -0.25) is 0 Å². The highest BCUT2D eigenvalue weighted by molar-refractivity contribution is 7.89. The number of carboxylic acid groups (broad SMARTS) is 1. The van der Waals surface area contributed by atoms with Gasteiger partial charge in [-0.15, -0.1) is 0 Å². The first-order valence-corrected chi connectivity index (χ1v) is 7.95. The van der Waals surface area contributed by atoms with Gasteiger partial charge in [0.05, 0.1) is 11.3 Å². The Balaban J connectivity index is 2.76. The summed E-state index contributed by atoms with van der Waals surface area (Å²) in [5, 5.41) is 8.93. The lowest BCUT2D eigenvalue weighted by atomic mass is 10.0. The molecule has 0 spiro atoms. The Labute approximate surface area is 120 Å². The third-order valence-corrected chi connectivity index (χ3v) is 4.47. The summed E-state index contributed by atoms with van der Waals surface area (Å²) in [6, 6.07) is 4.80. The minimum Gasteiger partial charge on any atom is -0.478 e. The van der Waals surface area contributed by atoms with Crippen LogP contribution in [0.4, 0.5) is 0 Å². The van der Waals surface area contributed by atoms with E-state index >= 15 is 0 Å². The van der Waals surface area contributed by atoms with Crippen molar-refractivity contribution in [3.8, 4) is 0 Å². The summed E-state index contributed by atoms with van der Waals surface area (Å²) in [4.78, 5) is 10.9. The molecule has 0 bridgehead atoms. The van der Waals surface area contributed by atoms with Crippen LogP contribution in [0.2, 0.25) is 0 Å². The fraction of sp³-hybridized carbons (Fsp3) is 0.500. The van der Waals surface area contributed by atoms with Gasteiger partial charge >= 0.3 is 5.97 Å². The molecule has 0 saturated carbocycles. The average Bonchev–Trinajstić information content (AvgIpc) is 2.22. The molecular formula is C14H21NO4S. The van der Waals surface area contributed by atoms with E-state index in [1.54, 1.807) is 19.1 Å². The van der Waals surface area contributed by atoms with Gasteiger partial charge in [0.2, 0.25) is 10.0 Å². The van der Waals surface area contributed by atoms with Gasteiger partial charge < -0.3 is 5.11 Å². The third-order valence-electron chi connectivity index (χ3n) is 2.64. The number of hydrogen-bond acceptors (Lipinski definition) is 3. The molecule has 1 rings (SSSR count). The zero-order chi connectivity index (χ0) is 15.6. The quantitative estimate of drug-likeness (QED) is 0.872. The van der Waals surface area contributed by atoms with E-state index in [9.17, 15) is 13.2 Å². The molecule has 20 heavy (non-hydrogen) atoms. The Bertz CT molecular complexity index is 600. The predicted molar refractivity (Wildman–Crippen MR) is 78.2 cm³/mol. The first-order valence-electron chi connectivity index (χ1n) is 6.30. The number of benzene rings is 1. The fourth-order valence-electron chi connectivity index (χ4n) is 1.89. The second-order valence-corrected chi connectivity index (χ2v) is 7.90. The molecule has 0 radical (unpaired) electrons. The highest BCUT2D eigenvalue weighted by atomic mass is 32.2. The molecule has 0 aliphatic heterocycles. The van der Waals surface area contributed by atoms with E-state index in [1.807, 2.05) is 20.8 Å². The van der Waals surface area contributed by atoms with Crippen LogP contribution >= 0.6 is 0 Å². The van der Waals surface area contributed by atoms with Gasteiger partial charge in [-0.2, -0.15) is 0 Å². The molecular weight excluding hydrogens is 278 g/mol. The molecule has 0 fully saturated rings. The topological polar surface area (TPSA) is 83.5 Å². The highest BCUT2D eigenvalue weighted by Gasteiger charge is 2.21. The molecule has 0 atom stereocenters. The maximum absolute atomic E-state index is 11.9. The molecule has 5 nitrogen and oxygen atoms in total. The standard InChI is InChI=1S/C14H21NO4S/c1-10-7-11(5-6-12(10)13(16)17)8-15-20(18,19)9-14(2,3)4/h5-7,15H,8-9H2,1-4H3,(H,16,17). The molecule has 0 saturated heterocycles. The van der Waals surface area contributed by atoms with Crippen molar-refractivity contribution in [2.24, 2.45) is 5.41 Å². The molecule has 1 aromatic rings. The van der Waals surface area contributed by atoms with Gasteiger partial charge in [-0.25, -0.2) is 17.9 Å². The van der Waals surface area contributed by atoms with Gasteiger partial charge in [-0.05, 0) is 29.5 Å². The van der Waals surface area contributed by atoms with Gasteiger partial charge in [0.1, 0.15) is 0 Å². The van der Waals surface area contributed by atoms with Gasteiger partial charge in [0, 0.05) is 6.54 Å². The van der Waals surface area contributed by atoms with E-state index in [-0.39, 0.29) is 23.3 Å². The number of hydrogen-bond donors (Lipinski definition) is 2. The van der Waals surface area contributed by atoms with E-state index in [0.29, 0.717) is 5.56 Å². The van der Waals surface area contributed by atoms with Crippen LogP contribution < -0.4 is 4.72 Å². The molecule has 0 heterocycles. The van der Waals surface area contributed by atoms with Crippen molar-refractivity contribution in [1.29, 1.82) is 0 Å². The Kier molecular flexibility index (Phi) is 4.94. The first-order chi connectivity index (χ1) is 9.00. The van der Waals surface area contributed by atoms with E-state index in [4.69, 9.17) is 5.11 Å². The highest BCUT2D eigenvalue weighted by Crippen LogP contribution is 2.16. The fourth-order valence-corrected chi connectivity index (χ4v) is 3.52. The van der Waals surface area contributed by atoms with E-state index < -0.39 is 16.0 Å². The van der Waals surface area contributed by atoms with Crippen molar-refractivity contribution in [3.63, 3.8) is 0 Å². The van der Waals surface area contributed by atoms with Gasteiger partial charge in [0.25, 0.3) is 0 Å². The van der Waals surface area contributed by atoms with Crippen molar-refractivity contribution in [1.82, 2.24) is 4.72 Å². The number of sulfonamides is 1. The average molecular weight is 299 g/mol. The zero-order valence-electron chi connectivity index (χ0n) is 12.2. The Hall–Kier alpha value is -1.40. The maximum atomic E-state index is 11.9. The number of aromatic carboxylic acids is 1. The van der Waals surface area contributed by atoms with Crippen molar-refractivity contribution < 1.29 is 18.3 Å². The lowest BCUT2D eigenvalue weighted by Gasteiger charge is -2.18. The summed E-state index contributed by atoms with van der Waals surface area (Å²) in [5.74, 6) is -0.936. The number of nitrogens with one attached hydrogen (secondary N) is 1. The lowest BCUT2D eigenvalue weighted by molar-refractivity contribution is 0.0696. The molecule has 0 amide bonds. The van der Waals surface area contributed by atoms with E-state index in [2.05, 4.69) is 4.72 Å². The summed E-state index contributed by atoms with van der Waals surface area (Å²) < 4.78 is 26.3. The Morgan fingerprint density at radius 1 is 1.30 bits per heavy atom. The van der Waals surface area contributed by atoms with Gasteiger partial charge in [-0.1, -0.05) is 32.9 Å². The summed E-state index contributed by atoms with van der Waals surface area (Å²) in [6.07, 6.45) is 0. The molecule has 0 aromatic heterocycles. The largest absolute Gasteiger partial charge is 0.478 e. The van der Waals surface area contributed by atoms with Crippen LogP contribution in [-0.4, -0.2) is 25.2 Å². The summed E-state index contributed by atoms with van der Waals surface area (Å²) in [6.45, 7) is 7.43. The van der Waals surface area contributed by atoms with E-state index in [1.165, 1.54) is 6.07 Å². The first kappa shape index (κ1) is 16.7. The number of carboxylic acids is 1. The van der Waals surface area contributed by atoms with Crippen molar-refractivity contribution in [2.75, 3.05) is 5.75 Å². The number of carbonyl (C=O) groups is 1. The number of rotatable bonds is 5. The van der Waals surface area contributed by atoms with Crippen LogP contribution in [0.3, 0.4) is 0 Å². The SMILES string of the molecule is Cc1cc(CNS(=O)(=O)CC(C)(C)C)ccc1C(=O)O. The van der Waals surface area contributed by atoms with Crippen molar-refractivity contribution >= 4 is 16.0 Å². The summed E-state index contributed by atoms with van der Waals surface area (Å²) >= 11 is 0. The smallest absolute Gasteiger partial charge is 0.335 e. The molecule has 6 heteroatoms. The molecule has 0 aliphatic carbocycles. The minimum atomic E-state index is -3.34. The summed E-state index contributed by atoms with van der Waals surface area (Å²) in [5.41, 5.74) is 1.27. The second-order valence-electron chi connectivity index (χ2n) is 6.10.